The van der Waals surface area contributed by atoms with E-state index < -0.39 is 17.9 Å². The summed E-state index contributed by atoms with van der Waals surface area (Å²) in [5.41, 5.74) is 9.64. The Kier molecular flexibility index (Phi) is 3.53. The molecule has 2 aromatic carbocycles. The minimum absolute atomic E-state index is 0.428. The molecule has 0 saturated carbocycles. The van der Waals surface area contributed by atoms with E-state index in [-0.39, 0.29) is 0 Å². The van der Waals surface area contributed by atoms with Gasteiger partial charge in [-0.25, -0.2) is 0 Å². The predicted molar refractivity (Wildman–Crippen MR) is 84.3 cm³/mol. The van der Waals surface area contributed by atoms with Crippen LogP contribution in [0.1, 0.15) is 28.2 Å². The van der Waals surface area contributed by atoms with Crippen molar-refractivity contribution in [2.45, 2.75) is 12.0 Å². The highest BCUT2D eigenvalue weighted by atomic mass is 35.5. The molecule has 0 radical (unpaired) electrons. The molecule has 1 aliphatic carbocycles. The third-order valence-corrected chi connectivity index (χ3v) is 4.04. The summed E-state index contributed by atoms with van der Waals surface area (Å²) in [6, 6.07) is 12.2. The fourth-order valence-electron chi connectivity index (χ4n) is 2.79. The van der Waals surface area contributed by atoms with Crippen molar-refractivity contribution in [1.29, 1.82) is 0 Å². The molecule has 2 aromatic rings. The zero-order valence-electron chi connectivity index (χ0n) is 11.2. The van der Waals surface area contributed by atoms with Crippen LogP contribution in [-0.4, -0.2) is 17.1 Å². The second-order valence-corrected chi connectivity index (χ2v) is 5.51. The van der Waals surface area contributed by atoms with Crippen LogP contribution >= 0.6 is 11.6 Å². The molecule has 0 aliphatic heterocycles. The Labute approximate surface area is 127 Å². The van der Waals surface area contributed by atoms with Crippen molar-refractivity contribution in [1.82, 2.24) is 0 Å². The fraction of sp³-hybridized carbons (Fsp3) is 0.118. The summed E-state index contributed by atoms with van der Waals surface area (Å²) < 4.78 is 0. The smallest absolute Gasteiger partial charge is 0.321 e. The van der Waals surface area contributed by atoms with Crippen molar-refractivity contribution in [3.05, 3.63) is 69.7 Å². The van der Waals surface area contributed by atoms with Crippen LogP contribution in [0.4, 0.5) is 0 Å². The van der Waals surface area contributed by atoms with Crippen LogP contribution in [-0.2, 0) is 4.79 Å². The van der Waals surface area contributed by atoms with E-state index in [0.29, 0.717) is 5.02 Å². The Bertz CT molecular complexity index is 739. The van der Waals surface area contributed by atoms with Gasteiger partial charge in [-0.15, -0.1) is 0 Å². The van der Waals surface area contributed by atoms with Gasteiger partial charge >= 0.3 is 5.97 Å². The predicted octanol–water partition coefficient (Wildman–Crippen LogP) is 3.37. The molecule has 3 N–H and O–H groups in total. The van der Waals surface area contributed by atoms with Gasteiger partial charge in [0.15, 0.2) is 0 Å². The summed E-state index contributed by atoms with van der Waals surface area (Å²) in [5.74, 6) is -1.45. The van der Waals surface area contributed by atoms with E-state index in [4.69, 9.17) is 17.3 Å². The van der Waals surface area contributed by atoms with E-state index in [2.05, 4.69) is 0 Å². The van der Waals surface area contributed by atoms with Crippen molar-refractivity contribution in [3.63, 3.8) is 0 Å². The van der Waals surface area contributed by atoms with Gasteiger partial charge in [-0.3, -0.25) is 4.79 Å². The topological polar surface area (TPSA) is 63.3 Å². The molecular weight excluding hydrogens is 286 g/mol. The molecule has 0 saturated heterocycles. The molecule has 0 fully saturated rings. The van der Waals surface area contributed by atoms with E-state index >= 15 is 0 Å². The second kappa shape index (κ2) is 5.35. The number of rotatable bonds is 2. The first kappa shape index (κ1) is 13.9. The number of aliphatic carboxylic acids is 1. The third kappa shape index (κ3) is 2.46. The van der Waals surface area contributed by atoms with Crippen LogP contribution in [0.15, 0.2) is 42.5 Å². The quantitative estimate of drug-likeness (QED) is 0.893. The van der Waals surface area contributed by atoms with Gasteiger partial charge in [-0.1, -0.05) is 54.1 Å². The van der Waals surface area contributed by atoms with Crippen LogP contribution in [0.2, 0.25) is 5.02 Å². The summed E-state index contributed by atoms with van der Waals surface area (Å²) in [6.07, 6.45) is 3.95. The number of carboxylic acids is 1. The first-order valence-corrected chi connectivity index (χ1v) is 7.00. The zero-order valence-corrected chi connectivity index (χ0v) is 11.9. The summed E-state index contributed by atoms with van der Waals surface area (Å²) in [5, 5.41) is 9.94. The lowest BCUT2D eigenvalue weighted by Crippen LogP contribution is -2.37. The molecule has 21 heavy (non-hydrogen) atoms. The lowest BCUT2D eigenvalue weighted by Gasteiger charge is -2.24. The summed E-state index contributed by atoms with van der Waals surface area (Å²) in [6.45, 7) is 0. The highest BCUT2D eigenvalue weighted by Gasteiger charge is 2.31. The molecule has 0 heterocycles. The van der Waals surface area contributed by atoms with Gasteiger partial charge in [0.1, 0.15) is 6.04 Å². The first-order valence-electron chi connectivity index (χ1n) is 6.63. The van der Waals surface area contributed by atoms with Gasteiger partial charge in [-0.05, 0) is 34.4 Å². The molecule has 2 atom stereocenters. The van der Waals surface area contributed by atoms with Crippen LogP contribution in [0.3, 0.4) is 0 Å². The molecule has 3 nitrogen and oxygen atoms in total. The molecule has 0 spiro atoms. The number of hydrogen-bond donors (Lipinski definition) is 2. The van der Waals surface area contributed by atoms with Crippen molar-refractivity contribution in [2.24, 2.45) is 5.73 Å². The standard InChI is InChI=1S/C17H14ClNO2/c18-12-8-7-11-6-5-10-3-1-2-4-13(10)15(14(11)9-12)16(19)17(20)21/h1-9,15-16H,19H2,(H,20,21). The highest BCUT2D eigenvalue weighted by Crippen LogP contribution is 2.37. The van der Waals surface area contributed by atoms with Crippen molar-refractivity contribution >= 4 is 29.7 Å². The molecule has 0 aromatic heterocycles. The van der Waals surface area contributed by atoms with Crippen LogP contribution in [0.25, 0.3) is 12.2 Å². The minimum Gasteiger partial charge on any atom is -0.480 e. The lowest BCUT2D eigenvalue weighted by atomic mass is 9.82. The van der Waals surface area contributed by atoms with Crippen LogP contribution in [0.5, 0.6) is 0 Å². The van der Waals surface area contributed by atoms with Crippen molar-refractivity contribution in [3.8, 4) is 0 Å². The number of halogens is 1. The van der Waals surface area contributed by atoms with Gasteiger partial charge in [0.2, 0.25) is 0 Å². The summed E-state index contributed by atoms with van der Waals surface area (Å²) in [4.78, 5) is 11.4. The van der Waals surface area contributed by atoms with Gasteiger partial charge in [0.05, 0.1) is 0 Å². The Morgan fingerprint density at radius 3 is 2.48 bits per heavy atom. The van der Waals surface area contributed by atoms with E-state index in [1.165, 1.54) is 0 Å². The number of carboxylic acid groups (broad SMARTS) is 1. The van der Waals surface area contributed by atoms with E-state index in [1.54, 1.807) is 12.1 Å². The Balaban J connectivity index is 2.28. The molecular formula is C17H14ClNO2. The van der Waals surface area contributed by atoms with Crippen molar-refractivity contribution in [2.75, 3.05) is 0 Å². The summed E-state index contributed by atoms with van der Waals surface area (Å²) >= 11 is 6.09. The highest BCUT2D eigenvalue weighted by molar-refractivity contribution is 6.30. The number of benzene rings is 2. The van der Waals surface area contributed by atoms with E-state index in [9.17, 15) is 9.90 Å². The summed E-state index contributed by atoms with van der Waals surface area (Å²) in [7, 11) is 0. The molecule has 3 rings (SSSR count). The largest absolute Gasteiger partial charge is 0.480 e. The zero-order chi connectivity index (χ0) is 15.0. The second-order valence-electron chi connectivity index (χ2n) is 5.08. The number of hydrogen-bond acceptors (Lipinski definition) is 2. The Hall–Kier alpha value is -2.10. The average molecular weight is 300 g/mol. The number of carbonyl (C=O) groups is 1. The van der Waals surface area contributed by atoms with Gasteiger partial charge in [0, 0.05) is 10.9 Å². The lowest BCUT2D eigenvalue weighted by molar-refractivity contribution is -0.138. The fourth-order valence-corrected chi connectivity index (χ4v) is 2.97. The maximum atomic E-state index is 11.4. The molecule has 106 valence electrons. The van der Waals surface area contributed by atoms with Gasteiger partial charge in [0.25, 0.3) is 0 Å². The van der Waals surface area contributed by atoms with Gasteiger partial charge < -0.3 is 10.8 Å². The van der Waals surface area contributed by atoms with Crippen molar-refractivity contribution < 1.29 is 9.90 Å². The minimum atomic E-state index is -1.03. The number of fused-ring (bicyclic) bond motifs is 2. The molecule has 2 unspecified atom stereocenters. The first-order chi connectivity index (χ1) is 10.1. The monoisotopic (exact) mass is 299 g/mol. The van der Waals surface area contributed by atoms with E-state index in [1.807, 2.05) is 42.5 Å². The van der Waals surface area contributed by atoms with Crippen LogP contribution in [0, 0.1) is 0 Å². The molecule has 4 heteroatoms. The maximum absolute atomic E-state index is 11.4. The third-order valence-electron chi connectivity index (χ3n) is 3.80. The SMILES string of the molecule is NC(C(=O)O)C1c2ccccc2C=Cc2ccc(Cl)cc21. The normalized spacial score (nSPS) is 17.5. The Morgan fingerprint density at radius 2 is 1.76 bits per heavy atom. The van der Waals surface area contributed by atoms with E-state index in [0.717, 1.165) is 22.3 Å². The molecule has 0 bridgehead atoms. The Morgan fingerprint density at radius 1 is 1.10 bits per heavy atom. The average Bonchev–Trinajstić information content (AvgIpc) is 2.62. The van der Waals surface area contributed by atoms with Gasteiger partial charge in [-0.2, -0.15) is 0 Å². The number of nitrogens with two attached hydrogens (primary N) is 1. The van der Waals surface area contributed by atoms with Crippen LogP contribution < -0.4 is 5.73 Å². The maximum Gasteiger partial charge on any atom is 0.321 e. The molecule has 0 amide bonds. The molecule has 1 aliphatic rings.